The quantitative estimate of drug-likeness (QED) is 0.720. The van der Waals surface area contributed by atoms with Crippen molar-refractivity contribution >= 4 is 5.91 Å². The Kier molecular flexibility index (Phi) is 5.81. The van der Waals surface area contributed by atoms with Crippen molar-refractivity contribution in [2.45, 2.75) is 38.4 Å². The third-order valence-corrected chi connectivity index (χ3v) is 3.96. The Morgan fingerprint density at radius 3 is 2.43 bits per heavy atom. The van der Waals surface area contributed by atoms with Gasteiger partial charge in [0.05, 0.1) is 25.9 Å². The summed E-state index contributed by atoms with van der Waals surface area (Å²) < 4.78 is 16.6. The lowest BCUT2D eigenvalue weighted by Gasteiger charge is -2.43. The number of aliphatic hydroxyl groups excluding tert-OH is 2. The van der Waals surface area contributed by atoms with Gasteiger partial charge in [-0.25, -0.2) is 0 Å². The largest absolute Gasteiger partial charge is 0.497 e. The van der Waals surface area contributed by atoms with Crippen molar-refractivity contribution in [3.05, 3.63) is 24.3 Å². The van der Waals surface area contributed by atoms with Crippen LogP contribution in [0.1, 0.15) is 13.8 Å². The summed E-state index contributed by atoms with van der Waals surface area (Å²) in [6.45, 7) is 2.87. The van der Waals surface area contributed by atoms with Crippen LogP contribution in [0.25, 0.3) is 0 Å². The Morgan fingerprint density at radius 1 is 1.30 bits per heavy atom. The van der Waals surface area contributed by atoms with Crippen LogP contribution in [0.4, 0.5) is 0 Å². The molecule has 1 fully saturated rings. The van der Waals surface area contributed by atoms with Crippen molar-refractivity contribution in [3.8, 4) is 11.5 Å². The zero-order valence-electron chi connectivity index (χ0n) is 13.4. The third-order valence-electron chi connectivity index (χ3n) is 3.96. The number of benzene rings is 1. The van der Waals surface area contributed by atoms with E-state index < -0.39 is 24.5 Å². The fourth-order valence-electron chi connectivity index (χ4n) is 2.58. The second-order valence-corrected chi connectivity index (χ2v) is 5.59. The van der Waals surface area contributed by atoms with Crippen LogP contribution in [0, 0.1) is 5.92 Å². The highest BCUT2D eigenvalue weighted by Crippen LogP contribution is 2.28. The van der Waals surface area contributed by atoms with E-state index in [1.54, 1.807) is 38.3 Å². The number of ether oxygens (including phenoxy) is 3. The van der Waals surface area contributed by atoms with E-state index in [1.807, 2.05) is 0 Å². The van der Waals surface area contributed by atoms with Gasteiger partial charge < -0.3 is 29.7 Å². The minimum absolute atomic E-state index is 0.243. The molecular weight excluding hydrogens is 302 g/mol. The molecule has 1 saturated heterocycles. The van der Waals surface area contributed by atoms with Crippen LogP contribution < -0.4 is 14.8 Å². The third kappa shape index (κ3) is 4.13. The molecule has 3 N–H and O–H groups in total. The highest BCUT2D eigenvalue weighted by molar-refractivity contribution is 5.73. The highest BCUT2D eigenvalue weighted by atomic mass is 16.7. The van der Waals surface area contributed by atoms with E-state index in [9.17, 15) is 15.0 Å². The number of methoxy groups -OCH3 is 1. The highest BCUT2D eigenvalue weighted by Gasteiger charge is 2.44. The summed E-state index contributed by atoms with van der Waals surface area (Å²) in [5.74, 6) is 0.551. The lowest BCUT2D eigenvalue weighted by molar-refractivity contribution is -0.224. The van der Waals surface area contributed by atoms with E-state index in [4.69, 9.17) is 14.2 Å². The Hall–Kier alpha value is -1.83. The summed E-state index contributed by atoms with van der Waals surface area (Å²) in [6.07, 6.45) is -2.37. The minimum atomic E-state index is -0.907. The molecule has 0 radical (unpaired) electrons. The first kappa shape index (κ1) is 17.5. The zero-order chi connectivity index (χ0) is 17.0. The van der Waals surface area contributed by atoms with Gasteiger partial charge in [0.15, 0.2) is 0 Å². The predicted molar refractivity (Wildman–Crippen MR) is 82.1 cm³/mol. The van der Waals surface area contributed by atoms with Gasteiger partial charge in [-0.05, 0) is 24.3 Å². The lowest BCUT2D eigenvalue weighted by Crippen LogP contribution is -2.62. The van der Waals surface area contributed by atoms with Gasteiger partial charge in [-0.3, -0.25) is 4.79 Å². The summed E-state index contributed by atoms with van der Waals surface area (Å²) >= 11 is 0. The summed E-state index contributed by atoms with van der Waals surface area (Å²) in [5, 5.41) is 22.5. The molecule has 7 heteroatoms. The molecule has 23 heavy (non-hydrogen) atoms. The molecule has 1 amide bonds. The van der Waals surface area contributed by atoms with Crippen LogP contribution in [0.3, 0.4) is 0 Å². The van der Waals surface area contributed by atoms with Gasteiger partial charge in [-0.2, -0.15) is 0 Å². The molecule has 0 bridgehead atoms. The smallest absolute Gasteiger partial charge is 0.223 e. The number of hydrogen-bond donors (Lipinski definition) is 3. The molecule has 1 aliphatic rings. The first-order chi connectivity index (χ1) is 11.0. The van der Waals surface area contributed by atoms with Crippen molar-refractivity contribution in [1.29, 1.82) is 0 Å². The molecule has 1 heterocycles. The van der Waals surface area contributed by atoms with E-state index in [2.05, 4.69) is 5.32 Å². The van der Waals surface area contributed by atoms with Crippen LogP contribution in [0.15, 0.2) is 24.3 Å². The molecule has 5 atom stereocenters. The topological polar surface area (TPSA) is 97.2 Å². The fourth-order valence-corrected chi connectivity index (χ4v) is 2.58. The average Bonchev–Trinajstić information content (AvgIpc) is 2.54. The van der Waals surface area contributed by atoms with E-state index >= 15 is 0 Å². The van der Waals surface area contributed by atoms with Crippen LogP contribution in [0.5, 0.6) is 11.5 Å². The molecule has 128 valence electrons. The van der Waals surface area contributed by atoms with Crippen LogP contribution in [-0.4, -0.2) is 54.4 Å². The van der Waals surface area contributed by atoms with Crippen molar-refractivity contribution < 1.29 is 29.2 Å². The number of aliphatic hydroxyl groups is 2. The standard InChI is InChI=1S/C16H23NO6/c1-9-13(8-18)23-16(14(15(9)20)17-10(2)19)22-12-6-4-11(21-3)5-7-12/h4-7,9,13-16,18,20H,8H2,1-3H3,(H,17,19)/t9-,13?,14?,15+,16-/m1/s1. The van der Waals surface area contributed by atoms with Gasteiger partial charge in [0.1, 0.15) is 17.5 Å². The summed E-state index contributed by atoms with van der Waals surface area (Å²) in [6, 6.07) is 6.13. The monoisotopic (exact) mass is 325 g/mol. The fraction of sp³-hybridized carbons (Fsp3) is 0.562. The number of amides is 1. The van der Waals surface area contributed by atoms with Gasteiger partial charge in [-0.1, -0.05) is 6.92 Å². The van der Waals surface area contributed by atoms with Gasteiger partial charge in [0.25, 0.3) is 0 Å². The van der Waals surface area contributed by atoms with Crippen LogP contribution >= 0.6 is 0 Å². The summed E-state index contributed by atoms with van der Waals surface area (Å²) in [7, 11) is 1.57. The predicted octanol–water partition coefficient (Wildman–Crippen LogP) is 0.293. The molecule has 1 aromatic carbocycles. The number of carbonyl (C=O) groups excluding carboxylic acids is 1. The average molecular weight is 325 g/mol. The summed E-state index contributed by atoms with van der Waals surface area (Å²) in [4.78, 5) is 11.4. The first-order valence-electron chi connectivity index (χ1n) is 7.48. The normalized spacial score (nSPS) is 30.6. The van der Waals surface area contributed by atoms with E-state index in [-0.39, 0.29) is 18.4 Å². The Morgan fingerprint density at radius 2 is 1.91 bits per heavy atom. The minimum Gasteiger partial charge on any atom is -0.497 e. The number of carbonyl (C=O) groups is 1. The SMILES string of the molecule is COc1ccc(O[C@@H]2OC(CO)[C@@H](C)[C@H](O)C2NC(C)=O)cc1. The maximum atomic E-state index is 11.4. The van der Waals surface area contributed by atoms with Gasteiger partial charge in [-0.15, -0.1) is 0 Å². The number of nitrogens with one attached hydrogen (secondary N) is 1. The number of hydrogen-bond acceptors (Lipinski definition) is 6. The molecule has 0 aromatic heterocycles. The molecule has 1 aromatic rings. The van der Waals surface area contributed by atoms with E-state index in [0.717, 1.165) is 0 Å². The molecular formula is C16H23NO6. The Bertz CT molecular complexity index is 520. The second kappa shape index (κ2) is 7.63. The summed E-state index contributed by atoms with van der Waals surface area (Å²) in [5.41, 5.74) is 0. The van der Waals surface area contributed by atoms with Gasteiger partial charge in [0, 0.05) is 12.8 Å². The number of rotatable bonds is 5. The molecule has 7 nitrogen and oxygen atoms in total. The van der Waals surface area contributed by atoms with Crippen molar-refractivity contribution in [2.24, 2.45) is 5.92 Å². The van der Waals surface area contributed by atoms with E-state index in [1.165, 1.54) is 6.92 Å². The molecule has 2 unspecified atom stereocenters. The molecule has 0 saturated carbocycles. The van der Waals surface area contributed by atoms with Crippen molar-refractivity contribution in [2.75, 3.05) is 13.7 Å². The van der Waals surface area contributed by atoms with E-state index in [0.29, 0.717) is 11.5 Å². The van der Waals surface area contributed by atoms with Crippen molar-refractivity contribution in [1.82, 2.24) is 5.32 Å². The second-order valence-electron chi connectivity index (χ2n) is 5.59. The maximum absolute atomic E-state index is 11.4. The molecule has 0 aliphatic carbocycles. The lowest BCUT2D eigenvalue weighted by atomic mass is 9.89. The molecule has 1 aliphatic heterocycles. The van der Waals surface area contributed by atoms with Gasteiger partial charge in [0.2, 0.25) is 12.2 Å². The Labute approximate surface area is 135 Å². The van der Waals surface area contributed by atoms with Crippen LogP contribution in [0.2, 0.25) is 0 Å². The van der Waals surface area contributed by atoms with Crippen LogP contribution in [-0.2, 0) is 9.53 Å². The van der Waals surface area contributed by atoms with Gasteiger partial charge >= 0.3 is 0 Å². The molecule has 2 rings (SSSR count). The maximum Gasteiger partial charge on any atom is 0.223 e. The Balaban J connectivity index is 2.17. The molecule has 0 spiro atoms. The first-order valence-corrected chi connectivity index (χ1v) is 7.48. The zero-order valence-corrected chi connectivity index (χ0v) is 13.4. The van der Waals surface area contributed by atoms with Crippen molar-refractivity contribution in [3.63, 3.8) is 0 Å².